The molecule has 1 heterocycles. The monoisotopic (exact) mass is 316 g/mol. The summed E-state index contributed by atoms with van der Waals surface area (Å²) in [6.45, 7) is 2.72. The molecule has 0 saturated carbocycles. The third-order valence-corrected chi connectivity index (χ3v) is 4.05. The second-order valence-corrected chi connectivity index (χ2v) is 5.99. The van der Waals surface area contributed by atoms with Crippen molar-refractivity contribution < 1.29 is 9.59 Å². The molecule has 1 aromatic carbocycles. The number of hydrogen-bond donors (Lipinski definition) is 2. The van der Waals surface area contributed by atoms with Crippen molar-refractivity contribution >= 4 is 28.8 Å². The van der Waals surface area contributed by atoms with E-state index in [4.69, 9.17) is 0 Å². The first-order chi connectivity index (χ1) is 10.7. The fourth-order valence-corrected chi connectivity index (χ4v) is 2.73. The molecule has 4 nitrogen and oxygen atoms in total. The van der Waals surface area contributed by atoms with Crippen LogP contribution < -0.4 is 10.6 Å². The molecule has 1 aromatic heterocycles. The lowest BCUT2D eigenvalue weighted by Crippen LogP contribution is -2.26. The van der Waals surface area contributed by atoms with Gasteiger partial charge in [-0.25, -0.2) is 0 Å². The SMILES string of the molecule is CCCCNC(=O)c1ccccc1NC(=O)Cc1cccs1. The minimum absolute atomic E-state index is 0.115. The molecule has 0 saturated heterocycles. The topological polar surface area (TPSA) is 58.2 Å². The van der Waals surface area contributed by atoms with Gasteiger partial charge < -0.3 is 10.6 Å². The molecule has 2 amide bonds. The number of thiophene rings is 1. The molecule has 0 fully saturated rings. The molecule has 5 heteroatoms. The van der Waals surface area contributed by atoms with Crippen molar-refractivity contribution in [3.8, 4) is 0 Å². The Morgan fingerprint density at radius 1 is 1.14 bits per heavy atom. The van der Waals surface area contributed by atoms with Crippen LogP contribution in [-0.2, 0) is 11.2 Å². The van der Waals surface area contributed by atoms with Gasteiger partial charge in [0, 0.05) is 11.4 Å². The van der Waals surface area contributed by atoms with E-state index in [1.807, 2.05) is 23.6 Å². The molecule has 0 bridgehead atoms. The van der Waals surface area contributed by atoms with E-state index in [-0.39, 0.29) is 11.8 Å². The lowest BCUT2D eigenvalue weighted by atomic mass is 10.1. The average molecular weight is 316 g/mol. The van der Waals surface area contributed by atoms with E-state index in [0.29, 0.717) is 24.2 Å². The fraction of sp³-hybridized carbons (Fsp3) is 0.294. The van der Waals surface area contributed by atoms with Crippen LogP contribution in [-0.4, -0.2) is 18.4 Å². The van der Waals surface area contributed by atoms with Gasteiger partial charge in [-0.05, 0) is 30.0 Å². The average Bonchev–Trinajstić information content (AvgIpc) is 3.00. The number of amides is 2. The van der Waals surface area contributed by atoms with E-state index in [2.05, 4.69) is 17.6 Å². The summed E-state index contributed by atoms with van der Waals surface area (Å²) in [6, 6.07) is 10.9. The van der Waals surface area contributed by atoms with Crippen molar-refractivity contribution in [2.24, 2.45) is 0 Å². The van der Waals surface area contributed by atoms with E-state index in [1.165, 1.54) is 0 Å². The van der Waals surface area contributed by atoms with Crippen molar-refractivity contribution in [1.29, 1.82) is 0 Å². The molecular weight excluding hydrogens is 296 g/mol. The van der Waals surface area contributed by atoms with Gasteiger partial charge >= 0.3 is 0 Å². The van der Waals surface area contributed by atoms with Crippen LogP contribution in [0.1, 0.15) is 35.0 Å². The van der Waals surface area contributed by atoms with Crippen molar-refractivity contribution in [1.82, 2.24) is 5.32 Å². The highest BCUT2D eigenvalue weighted by molar-refractivity contribution is 7.10. The number of carbonyl (C=O) groups is 2. The summed E-state index contributed by atoms with van der Waals surface area (Å²) in [5, 5.41) is 7.64. The fourth-order valence-electron chi connectivity index (χ4n) is 2.03. The number of rotatable bonds is 7. The number of unbranched alkanes of at least 4 members (excludes halogenated alkanes) is 1. The molecule has 0 unspecified atom stereocenters. The van der Waals surface area contributed by atoms with E-state index in [0.717, 1.165) is 17.7 Å². The van der Waals surface area contributed by atoms with Crippen LogP contribution in [0, 0.1) is 0 Å². The first-order valence-electron chi connectivity index (χ1n) is 7.40. The highest BCUT2D eigenvalue weighted by Crippen LogP contribution is 2.16. The first-order valence-corrected chi connectivity index (χ1v) is 8.28. The molecular formula is C17H20N2O2S. The zero-order chi connectivity index (χ0) is 15.8. The van der Waals surface area contributed by atoms with Crippen LogP contribution in [0.5, 0.6) is 0 Å². The number of para-hydroxylation sites is 1. The number of carbonyl (C=O) groups excluding carboxylic acids is 2. The Morgan fingerprint density at radius 2 is 1.95 bits per heavy atom. The number of benzene rings is 1. The number of hydrogen-bond acceptors (Lipinski definition) is 3. The van der Waals surface area contributed by atoms with Crippen molar-refractivity contribution in [2.75, 3.05) is 11.9 Å². The lowest BCUT2D eigenvalue weighted by Gasteiger charge is -2.11. The van der Waals surface area contributed by atoms with E-state index in [1.54, 1.807) is 29.5 Å². The summed E-state index contributed by atoms with van der Waals surface area (Å²) < 4.78 is 0. The molecule has 116 valence electrons. The minimum Gasteiger partial charge on any atom is -0.352 e. The Bertz CT molecular complexity index is 623. The van der Waals surface area contributed by atoms with Gasteiger partial charge in [-0.2, -0.15) is 0 Å². The third-order valence-electron chi connectivity index (χ3n) is 3.18. The van der Waals surface area contributed by atoms with E-state index < -0.39 is 0 Å². The number of anilines is 1. The summed E-state index contributed by atoms with van der Waals surface area (Å²) in [5.41, 5.74) is 1.05. The Labute approximate surface area is 134 Å². The Balaban J connectivity index is 2.01. The Kier molecular flexibility index (Phi) is 6.15. The zero-order valence-corrected chi connectivity index (χ0v) is 13.4. The van der Waals surface area contributed by atoms with Gasteiger partial charge in [0.15, 0.2) is 0 Å². The van der Waals surface area contributed by atoms with Gasteiger partial charge in [-0.3, -0.25) is 9.59 Å². The second kappa shape index (κ2) is 8.34. The van der Waals surface area contributed by atoms with Gasteiger partial charge in [-0.1, -0.05) is 31.5 Å². The van der Waals surface area contributed by atoms with E-state index in [9.17, 15) is 9.59 Å². The Hall–Kier alpha value is -2.14. The maximum absolute atomic E-state index is 12.2. The van der Waals surface area contributed by atoms with Crippen LogP contribution in [0.15, 0.2) is 41.8 Å². The second-order valence-electron chi connectivity index (χ2n) is 4.96. The molecule has 2 aromatic rings. The van der Waals surface area contributed by atoms with Crippen molar-refractivity contribution in [2.45, 2.75) is 26.2 Å². The standard InChI is InChI=1S/C17H20N2O2S/c1-2-3-10-18-17(21)14-8-4-5-9-15(14)19-16(20)12-13-7-6-11-22-13/h4-9,11H,2-3,10,12H2,1H3,(H,18,21)(H,19,20). The molecule has 0 aliphatic carbocycles. The largest absolute Gasteiger partial charge is 0.352 e. The molecule has 0 aliphatic rings. The summed E-state index contributed by atoms with van der Waals surface area (Å²) in [7, 11) is 0. The summed E-state index contributed by atoms with van der Waals surface area (Å²) in [5.74, 6) is -0.267. The predicted molar refractivity (Wildman–Crippen MR) is 90.3 cm³/mol. The lowest BCUT2D eigenvalue weighted by molar-refractivity contribution is -0.115. The maximum atomic E-state index is 12.2. The van der Waals surface area contributed by atoms with Gasteiger partial charge in [0.05, 0.1) is 17.7 Å². The third kappa shape index (κ3) is 4.70. The van der Waals surface area contributed by atoms with Crippen LogP contribution >= 0.6 is 11.3 Å². The Morgan fingerprint density at radius 3 is 2.68 bits per heavy atom. The van der Waals surface area contributed by atoms with Crippen molar-refractivity contribution in [3.05, 3.63) is 52.2 Å². The van der Waals surface area contributed by atoms with Gasteiger partial charge in [0.2, 0.25) is 5.91 Å². The molecule has 0 aliphatic heterocycles. The predicted octanol–water partition coefficient (Wildman–Crippen LogP) is 3.46. The summed E-state index contributed by atoms with van der Waals surface area (Å²) in [6.07, 6.45) is 2.29. The molecule has 0 radical (unpaired) electrons. The normalized spacial score (nSPS) is 10.2. The van der Waals surface area contributed by atoms with Gasteiger partial charge in [-0.15, -0.1) is 11.3 Å². The van der Waals surface area contributed by atoms with Crippen LogP contribution in [0.2, 0.25) is 0 Å². The molecule has 0 atom stereocenters. The van der Waals surface area contributed by atoms with Gasteiger partial charge in [0.25, 0.3) is 5.91 Å². The summed E-state index contributed by atoms with van der Waals surface area (Å²) >= 11 is 1.55. The molecule has 0 spiro atoms. The highest BCUT2D eigenvalue weighted by atomic mass is 32.1. The van der Waals surface area contributed by atoms with Gasteiger partial charge in [0.1, 0.15) is 0 Å². The first kappa shape index (κ1) is 16.2. The molecule has 2 rings (SSSR count). The minimum atomic E-state index is -0.152. The highest BCUT2D eigenvalue weighted by Gasteiger charge is 2.13. The van der Waals surface area contributed by atoms with Crippen molar-refractivity contribution in [3.63, 3.8) is 0 Å². The quantitative estimate of drug-likeness (QED) is 0.769. The summed E-state index contributed by atoms with van der Waals surface area (Å²) in [4.78, 5) is 25.3. The smallest absolute Gasteiger partial charge is 0.253 e. The maximum Gasteiger partial charge on any atom is 0.253 e. The zero-order valence-electron chi connectivity index (χ0n) is 12.6. The van der Waals surface area contributed by atoms with Crippen LogP contribution in [0.4, 0.5) is 5.69 Å². The molecule has 22 heavy (non-hydrogen) atoms. The van der Waals surface area contributed by atoms with E-state index >= 15 is 0 Å². The molecule has 2 N–H and O–H groups in total. The van der Waals surface area contributed by atoms with Crippen LogP contribution in [0.3, 0.4) is 0 Å². The van der Waals surface area contributed by atoms with Crippen LogP contribution in [0.25, 0.3) is 0 Å². The number of nitrogens with one attached hydrogen (secondary N) is 2.